The minimum Gasteiger partial charge on any atom is -0.376 e. The lowest BCUT2D eigenvalue weighted by Crippen LogP contribution is -1.92. The highest BCUT2D eigenvalue weighted by molar-refractivity contribution is 5.86. The quantitative estimate of drug-likeness (QED) is 0.708. The number of nitriles is 1. The van der Waals surface area contributed by atoms with Gasteiger partial charge in [-0.05, 0) is 6.07 Å². The van der Waals surface area contributed by atoms with Crippen LogP contribution >= 0.6 is 0 Å². The molecule has 1 aromatic carbocycles. The maximum absolute atomic E-state index is 9.00. The molecular formula is C10H8N2O. The van der Waals surface area contributed by atoms with E-state index in [1.165, 1.54) is 0 Å². The first-order valence-electron chi connectivity index (χ1n) is 3.95. The van der Waals surface area contributed by atoms with Gasteiger partial charge >= 0.3 is 0 Å². The Balaban J connectivity index is 2.84. The van der Waals surface area contributed by atoms with E-state index in [0.717, 1.165) is 10.9 Å². The molecule has 0 saturated heterocycles. The van der Waals surface area contributed by atoms with E-state index in [-0.39, 0.29) is 6.73 Å². The Morgan fingerprint density at radius 1 is 1.38 bits per heavy atom. The Bertz CT molecular complexity index is 479. The molecule has 0 aliphatic heterocycles. The van der Waals surface area contributed by atoms with E-state index in [4.69, 9.17) is 10.4 Å². The maximum atomic E-state index is 9.00. The van der Waals surface area contributed by atoms with Crippen molar-refractivity contribution in [3.05, 3.63) is 36.0 Å². The molecule has 3 heteroatoms. The van der Waals surface area contributed by atoms with E-state index in [1.807, 2.05) is 24.3 Å². The van der Waals surface area contributed by atoms with Crippen LogP contribution in [-0.2, 0) is 6.73 Å². The summed E-state index contributed by atoms with van der Waals surface area (Å²) in [6.07, 6.45) is 1.66. The van der Waals surface area contributed by atoms with Crippen LogP contribution in [0.1, 0.15) is 5.56 Å². The van der Waals surface area contributed by atoms with E-state index in [2.05, 4.69) is 6.07 Å². The zero-order valence-corrected chi connectivity index (χ0v) is 6.94. The molecular weight excluding hydrogens is 164 g/mol. The third-order valence-corrected chi connectivity index (χ3v) is 2.06. The number of aliphatic hydroxyl groups is 1. The molecule has 1 heterocycles. The molecule has 0 bridgehead atoms. The predicted octanol–water partition coefficient (Wildman–Crippen LogP) is 1.46. The number of para-hydroxylation sites is 1. The number of nitrogens with zero attached hydrogens (tertiary/aromatic N) is 2. The molecule has 1 aromatic heterocycles. The van der Waals surface area contributed by atoms with Crippen LogP contribution in [0.25, 0.3) is 10.9 Å². The fraction of sp³-hybridized carbons (Fsp3) is 0.100. The number of fused-ring (bicyclic) bond motifs is 1. The molecule has 64 valence electrons. The van der Waals surface area contributed by atoms with Gasteiger partial charge in [-0.15, -0.1) is 0 Å². The van der Waals surface area contributed by atoms with Gasteiger partial charge in [0.05, 0.1) is 11.1 Å². The number of benzene rings is 1. The van der Waals surface area contributed by atoms with E-state index >= 15 is 0 Å². The molecule has 0 aliphatic rings. The molecule has 0 radical (unpaired) electrons. The van der Waals surface area contributed by atoms with Gasteiger partial charge in [-0.25, -0.2) is 0 Å². The van der Waals surface area contributed by atoms with Crippen LogP contribution in [0.15, 0.2) is 30.5 Å². The lowest BCUT2D eigenvalue weighted by atomic mass is 10.2. The highest BCUT2D eigenvalue weighted by Gasteiger charge is 2.05. The monoisotopic (exact) mass is 172 g/mol. The molecule has 0 fully saturated rings. The molecule has 0 atom stereocenters. The highest BCUT2D eigenvalue weighted by atomic mass is 16.3. The van der Waals surface area contributed by atoms with Crippen LogP contribution in [0.4, 0.5) is 0 Å². The molecule has 2 aromatic rings. The van der Waals surface area contributed by atoms with Crippen LogP contribution in [-0.4, -0.2) is 9.67 Å². The van der Waals surface area contributed by atoms with Gasteiger partial charge in [-0.2, -0.15) is 5.26 Å². The van der Waals surface area contributed by atoms with Gasteiger partial charge in [0.1, 0.15) is 12.8 Å². The van der Waals surface area contributed by atoms with Gasteiger partial charge in [0.2, 0.25) is 0 Å². The van der Waals surface area contributed by atoms with Crippen LogP contribution < -0.4 is 0 Å². The summed E-state index contributed by atoms with van der Waals surface area (Å²) in [5.41, 5.74) is 1.49. The van der Waals surface area contributed by atoms with Crippen LogP contribution in [0.5, 0.6) is 0 Å². The van der Waals surface area contributed by atoms with Crippen molar-refractivity contribution in [3.63, 3.8) is 0 Å². The Morgan fingerprint density at radius 2 is 2.15 bits per heavy atom. The summed E-state index contributed by atoms with van der Waals surface area (Å²) in [5.74, 6) is 0. The largest absolute Gasteiger partial charge is 0.376 e. The van der Waals surface area contributed by atoms with Crippen molar-refractivity contribution in [1.82, 2.24) is 4.57 Å². The van der Waals surface area contributed by atoms with Gasteiger partial charge < -0.3 is 9.67 Å². The smallest absolute Gasteiger partial charge is 0.119 e. The van der Waals surface area contributed by atoms with Crippen molar-refractivity contribution >= 4 is 10.9 Å². The van der Waals surface area contributed by atoms with Crippen molar-refractivity contribution in [2.24, 2.45) is 0 Å². The molecule has 0 unspecified atom stereocenters. The average molecular weight is 172 g/mol. The van der Waals surface area contributed by atoms with Crippen molar-refractivity contribution in [3.8, 4) is 6.07 Å². The Morgan fingerprint density at radius 3 is 2.85 bits per heavy atom. The van der Waals surface area contributed by atoms with Gasteiger partial charge in [0.25, 0.3) is 0 Å². The molecule has 3 nitrogen and oxygen atoms in total. The summed E-state index contributed by atoms with van der Waals surface area (Å²) < 4.78 is 1.65. The summed E-state index contributed by atoms with van der Waals surface area (Å²) in [5, 5.41) is 18.7. The summed E-state index contributed by atoms with van der Waals surface area (Å²) in [4.78, 5) is 0. The second-order valence-corrected chi connectivity index (χ2v) is 2.78. The average Bonchev–Trinajstić information content (AvgIpc) is 2.56. The molecule has 0 spiro atoms. The first kappa shape index (κ1) is 7.84. The van der Waals surface area contributed by atoms with Crippen LogP contribution in [0.2, 0.25) is 0 Å². The number of aromatic nitrogens is 1. The second kappa shape index (κ2) is 2.92. The van der Waals surface area contributed by atoms with Gasteiger partial charge in [0.15, 0.2) is 0 Å². The lowest BCUT2D eigenvalue weighted by Gasteiger charge is -1.97. The van der Waals surface area contributed by atoms with Crippen molar-refractivity contribution in [2.45, 2.75) is 6.73 Å². The summed E-state index contributed by atoms with van der Waals surface area (Å²) in [6, 6.07) is 9.61. The molecule has 0 amide bonds. The van der Waals surface area contributed by atoms with Crippen molar-refractivity contribution in [2.75, 3.05) is 0 Å². The zero-order chi connectivity index (χ0) is 9.26. The number of hydrogen-bond acceptors (Lipinski definition) is 2. The zero-order valence-electron chi connectivity index (χ0n) is 6.94. The van der Waals surface area contributed by atoms with Crippen molar-refractivity contribution < 1.29 is 5.11 Å². The number of hydrogen-bond donors (Lipinski definition) is 1. The molecule has 0 saturated carbocycles. The van der Waals surface area contributed by atoms with Gasteiger partial charge in [0, 0.05) is 11.6 Å². The van der Waals surface area contributed by atoms with E-state index < -0.39 is 0 Å². The fourth-order valence-electron chi connectivity index (χ4n) is 1.45. The van der Waals surface area contributed by atoms with Gasteiger partial charge in [-0.1, -0.05) is 18.2 Å². The lowest BCUT2D eigenvalue weighted by molar-refractivity contribution is 0.215. The maximum Gasteiger partial charge on any atom is 0.119 e. The van der Waals surface area contributed by atoms with Gasteiger partial charge in [-0.3, -0.25) is 0 Å². The predicted molar refractivity (Wildman–Crippen MR) is 48.9 cm³/mol. The normalized spacial score (nSPS) is 10.2. The Hall–Kier alpha value is -1.79. The fourth-order valence-corrected chi connectivity index (χ4v) is 1.45. The molecule has 2 rings (SSSR count). The standard InChI is InChI=1S/C10H8N2O/c11-5-8-6-12(7-13)10-4-2-1-3-9(8)10/h1-4,6,13H,7H2. The molecule has 0 aliphatic carbocycles. The highest BCUT2D eigenvalue weighted by Crippen LogP contribution is 2.19. The van der Waals surface area contributed by atoms with Crippen molar-refractivity contribution in [1.29, 1.82) is 5.26 Å². The number of rotatable bonds is 1. The molecule has 1 N–H and O–H groups in total. The molecule has 13 heavy (non-hydrogen) atoms. The summed E-state index contributed by atoms with van der Waals surface area (Å²) in [7, 11) is 0. The third-order valence-electron chi connectivity index (χ3n) is 2.06. The minimum absolute atomic E-state index is 0.0950. The van der Waals surface area contributed by atoms with E-state index in [9.17, 15) is 0 Å². The topological polar surface area (TPSA) is 49.0 Å². The summed E-state index contributed by atoms with van der Waals surface area (Å²) in [6.45, 7) is -0.0950. The van der Waals surface area contributed by atoms with E-state index in [1.54, 1.807) is 10.8 Å². The van der Waals surface area contributed by atoms with Crippen LogP contribution in [0.3, 0.4) is 0 Å². The van der Waals surface area contributed by atoms with Crippen LogP contribution in [0, 0.1) is 11.3 Å². The SMILES string of the molecule is N#Cc1cn(CO)c2ccccc12. The third kappa shape index (κ3) is 1.08. The minimum atomic E-state index is -0.0950. The summed E-state index contributed by atoms with van der Waals surface area (Å²) >= 11 is 0. The Kier molecular flexibility index (Phi) is 1.76. The first-order valence-corrected chi connectivity index (χ1v) is 3.95. The Labute approximate surface area is 75.4 Å². The van der Waals surface area contributed by atoms with E-state index in [0.29, 0.717) is 5.56 Å². The number of aliphatic hydroxyl groups excluding tert-OH is 1. The second-order valence-electron chi connectivity index (χ2n) is 2.78. The first-order chi connectivity index (χ1) is 6.36.